The van der Waals surface area contributed by atoms with Crippen LogP contribution in [0.5, 0.6) is 17.2 Å². The number of carbonyl (C=O) groups excluding carboxylic acids is 2. The molecule has 1 aliphatic carbocycles. The number of methoxy groups -OCH3 is 3. The monoisotopic (exact) mass is 671 g/mol. The third-order valence-corrected chi connectivity index (χ3v) is 10.2. The molecule has 1 aliphatic rings. The highest BCUT2D eigenvalue weighted by Crippen LogP contribution is 2.37. The molecule has 1 atom stereocenters. The van der Waals surface area contributed by atoms with Crippen LogP contribution in [0.4, 0.5) is 5.69 Å². The number of anilines is 1. The molecule has 0 radical (unpaired) electrons. The van der Waals surface area contributed by atoms with E-state index >= 15 is 0 Å². The van der Waals surface area contributed by atoms with Gasteiger partial charge in [0.2, 0.25) is 11.8 Å². The molecule has 0 saturated heterocycles. The summed E-state index contributed by atoms with van der Waals surface area (Å²) in [5.41, 5.74) is 1.06. The maximum atomic E-state index is 14.4. The normalized spacial score (nSPS) is 13.9. The topological polar surface area (TPSA) is 114 Å². The molecule has 10 nitrogen and oxygen atoms in total. The first-order chi connectivity index (χ1) is 22.1. The first-order valence-corrected chi connectivity index (χ1v) is 17.2. The van der Waals surface area contributed by atoms with Crippen molar-refractivity contribution in [2.24, 2.45) is 0 Å². The Hall–Kier alpha value is -3.96. The van der Waals surface area contributed by atoms with Gasteiger partial charge in [0.25, 0.3) is 10.0 Å². The molecule has 12 heteroatoms. The van der Waals surface area contributed by atoms with E-state index in [2.05, 4.69) is 5.32 Å². The zero-order valence-electron chi connectivity index (χ0n) is 26.7. The number of hydrogen-bond donors (Lipinski definition) is 1. The Morgan fingerprint density at radius 3 is 2.20 bits per heavy atom. The molecule has 3 aromatic rings. The van der Waals surface area contributed by atoms with Crippen molar-refractivity contribution in [2.75, 3.05) is 38.7 Å². The molecule has 1 saturated carbocycles. The van der Waals surface area contributed by atoms with Gasteiger partial charge in [0.1, 0.15) is 18.3 Å². The van der Waals surface area contributed by atoms with E-state index in [1.165, 1.54) is 56.6 Å². The number of amides is 2. The van der Waals surface area contributed by atoms with Gasteiger partial charge in [0.05, 0.1) is 31.9 Å². The Bertz CT molecular complexity index is 1600. The lowest BCUT2D eigenvalue weighted by Crippen LogP contribution is -2.54. The number of carbonyl (C=O) groups is 2. The lowest BCUT2D eigenvalue weighted by molar-refractivity contribution is -0.139. The average Bonchev–Trinajstić information content (AvgIpc) is 3.58. The van der Waals surface area contributed by atoms with Crippen molar-refractivity contribution in [2.45, 2.75) is 62.4 Å². The van der Waals surface area contributed by atoms with Gasteiger partial charge >= 0.3 is 0 Å². The van der Waals surface area contributed by atoms with Crippen LogP contribution in [0.2, 0.25) is 5.02 Å². The van der Waals surface area contributed by atoms with Gasteiger partial charge in [-0.1, -0.05) is 61.7 Å². The zero-order valence-corrected chi connectivity index (χ0v) is 28.3. The average molecular weight is 672 g/mol. The maximum absolute atomic E-state index is 14.4. The summed E-state index contributed by atoms with van der Waals surface area (Å²) in [6, 6.07) is 17.6. The molecule has 2 amide bonds. The minimum Gasteiger partial charge on any atom is -0.495 e. The van der Waals surface area contributed by atoms with E-state index in [9.17, 15) is 18.0 Å². The van der Waals surface area contributed by atoms with Crippen LogP contribution in [0.3, 0.4) is 0 Å². The van der Waals surface area contributed by atoms with Gasteiger partial charge < -0.3 is 24.4 Å². The fourth-order valence-electron chi connectivity index (χ4n) is 5.74. The van der Waals surface area contributed by atoms with Gasteiger partial charge in [-0.25, -0.2) is 8.42 Å². The van der Waals surface area contributed by atoms with Gasteiger partial charge in [0, 0.05) is 23.7 Å². The van der Waals surface area contributed by atoms with Crippen LogP contribution < -0.4 is 23.8 Å². The van der Waals surface area contributed by atoms with E-state index in [1.54, 1.807) is 6.07 Å². The minimum absolute atomic E-state index is 0.0604. The van der Waals surface area contributed by atoms with Crippen LogP contribution in [-0.4, -0.2) is 71.6 Å². The van der Waals surface area contributed by atoms with Crippen molar-refractivity contribution in [1.82, 2.24) is 10.2 Å². The van der Waals surface area contributed by atoms with E-state index < -0.39 is 28.5 Å². The second kappa shape index (κ2) is 16.0. The van der Waals surface area contributed by atoms with Crippen LogP contribution in [0.15, 0.2) is 71.6 Å². The van der Waals surface area contributed by atoms with E-state index in [0.29, 0.717) is 18.6 Å². The van der Waals surface area contributed by atoms with E-state index in [4.69, 9.17) is 25.8 Å². The number of hydrogen-bond acceptors (Lipinski definition) is 7. The third-order valence-electron chi connectivity index (χ3n) is 8.20. The summed E-state index contributed by atoms with van der Waals surface area (Å²) in [6.45, 7) is 1.44. The molecule has 3 aromatic carbocycles. The molecule has 248 valence electrons. The molecule has 0 unspecified atom stereocenters. The van der Waals surface area contributed by atoms with E-state index in [-0.39, 0.29) is 45.6 Å². The first-order valence-electron chi connectivity index (χ1n) is 15.3. The molecule has 0 aromatic heterocycles. The van der Waals surface area contributed by atoms with Gasteiger partial charge in [-0.3, -0.25) is 13.9 Å². The number of ether oxygens (including phenoxy) is 3. The Kier molecular flexibility index (Phi) is 12.2. The lowest BCUT2D eigenvalue weighted by Gasteiger charge is -2.34. The van der Waals surface area contributed by atoms with Crippen molar-refractivity contribution in [1.29, 1.82) is 0 Å². The minimum atomic E-state index is -4.42. The molecule has 0 bridgehead atoms. The predicted molar refractivity (Wildman–Crippen MR) is 178 cm³/mol. The lowest BCUT2D eigenvalue weighted by atomic mass is 10.1. The fraction of sp³-hybridized carbons (Fsp3) is 0.412. The number of nitrogens with zero attached hydrogens (tertiary/aromatic N) is 2. The second-order valence-corrected chi connectivity index (χ2v) is 13.4. The summed E-state index contributed by atoms with van der Waals surface area (Å²) in [4.78, 5) is 29.4. The molecule has 46 heavy (non-hydrogen) atoms. The molecule has 4 rings (SSSR count). The standard InChI is InChI=1S/C34H42ClN3O7S/c1-5-28(34(40)36-26-13-9-10-14-26)37(20-19-24-11-7-6-8-12-24)33(39)23-38(29-21-25(35)15-17-30(29)43-2)46(41,42)27-16-18-31(44-3)32(22-27)45-4/h6-8,11-12,15-18,21-22,26,28H,5,9-10,13-14,19-20,23H2,1-4H3,(H,36,40)/t28-/m0/s1. The van der Waals surface area contributed by atoms with Gasteiger partial charge in [-0.15, -0.1) is 0 Å². The summed E-state index contributed by atoms with van der Waals surface area (Å²) in [7, 11) is -0.158. The highest BCUT2D eigenvalue weighted by molar-refractivity contribution is 7.92. The van der Waals surface area contributed by atoms with Gasteiger partial charge in [-0.05, 0) is 61.6 Å². The Balaban J connectivity index is 1.76. The number of nitrogens with one attached hydrogen (secondary N) is 1. The maximum Gasteiger partial charge on any atom is 0.265 e. The fourth-order valence-corrected chi connectivity index (χ4v) is 7.34. The van der Waals surface area contributed by atoms with Crippen LogP contribution >= 0.6 is 11.6 Å². The summed E-state index contributed by atoms with van der Waals surface area (Å²) < 4.78 is 46.0. The Labute approximate surface area is 276 Å². The number of sulfonamides is 1. The molecule has 1 N–H and O–H groups in total. The molecular weight excluding hydrogens is 630 g/mol. The van der Waals surface area contributed by atoms with E-state index in [0.717, 1.165) is 35.6 Å². The van der Waals surface area contributed by atoms with Crippen LogP contribution in [-0.2, 0) is 26.0 Å². The number of halogens is 1. The van der Waals surface area contributed by atoms with Crippen molar-refractivity contribution < 1.29 is 32.2 Å². The predicted octanol–water partition coefficient (Wildman–Crippen LogP) is 5.47. The van der Waals surface area contributed by atoms with Gasteiger partial charge in [-0.2, -0.15) is 0 Å². The highest BCUT2D eigenvalue weighted by atomic mass is 35.5. The smallest absolute Gasteiger partial charge is 0.265 e. The Morgan fingerprint density at radius 1 is 0.913 bits per heavy atom. The van der Waals surface area contributed by atoms with Crippen molar-refractivity contribution >= 4 is 39.1 Å². The quantitative estimate of drug-likeness (QED) is 0.228. The Morgan fingerprint density at radius 2 is 1.57 bits per heavy atom. The molecule has 0 heterocycles. The van der Waals surface area contributed by atoms with Crippen LogP contribution in [0.1, 0.15) is 44.6 Å². The third kappa shape index (κ3) is 8.24. The van der Waals surface area contributed by atoms with Crippen molar-refractivity contribution in [3.05, 3.63) is 77.3 Å². The molecule has 1 fully saturated rings. The molecular formula is C34H42ClN3O7S. The summed E-state index contributed by atoms with van der Waals surface area (Å²) >= 11 is 6.35. The largest absolute Gasteiger partial charge is 0.495 e. The highest BCUT2D eigenvalue weighted by Gasteiger charge is 2.35. The van der Waals surface area contributed by atoms with Crippen LogP contribution in [0.25, 0.3) is 0 Å². The second-order valence-electron chi connectivity index (χ2n) is 11.1. The zero-order chi connectivity index (χ0) is 33.3. The molecule has 0 spiro atoms. The summed E-state index contributed by atoms with van der Waals surface area (Å²) in [5.74, 6) is -0.0495. The van der Waals surface area contributed by atoms with Crippen molar-refractivity contribution in [3.63, 3.8) is 0 Å². The van der Waals surface area contributed by atoms with Crippen LogP contribution in [0, 0.1) is 0 Å². The van der Waals surface area contributed by atoms with Gasteiger partial charge in [0.15, 0.2) is 11.5 Å². The molecule has 0 aliphatic heterocycles. The van der Waals surface area contributed by atoms with E-state index in [1.807, 2.05) is 37.3 Å². The summed E-state index contributed by atoms with van der Waals surface area (Å²) in [5, 5.41) is 3.37. The number of rotatable bonds is 15. The number of benzene rings is 3. The SMILES string of the molecule is CC[C@@H](C(=O)NC1CCCC1)N(CCc1ccccc1)C(=O)CN(c1cc(Cl)ccc1OC)S(=O)(=O)c1ccc(OC)c(OC)c1. The summed E-state index contributed by atoms with van der Waals surface area (Å²) in [6.07, 6.45) is 4.70. The van der Waals surface area contributed by atoms with Crippen molar-refractivity contribution in [3.8, 4) is 17.2 Å². The first kappa shape index (κ1) is 34.9.